The molecule has 0 unspecified atom stereocenters. The molecule has 16 heavy (non-hydrogen) atoms. The van der Waals surface area contributed by atoms with E-state index in [9.17, 15) is 4.79 Å². The molecule has 1 rings (SSSR count). The molecule has 1 saturated carbocycles. The number of amides is 1. The van der Waals surface area contributed by atoms with Crippen LogP contribution in [-0.4, -0.2) is 23.4 Å². The molecule has 0 N–H and O–H groups in total. The number of hydrogen-bond acceptors (Lipinski definition) is 2. The fourth-order valence-corrected chi connectivity index (χ4v) is 2.36. The van der Waals surface area contributed by atoms with Gasteiger partial charge in [0.25, 0.3) is 0 Å². The summed E-state index contributed by atoms with van der Waals surface area (Å²) in [4.78, 5) is 14.0. The van der Waals surface area contributed by atoms with Crippen molar-refractivity contribution in [2.45, 2.75) is 58.4 Å². The number of carbonyl (C=O) groups is 1. The van der Waals surface area contributed by atoms with Crippen LogP contribution in [0.3, 0.4) is 0 Å². The molecule has 0 heterocycles. The summed E-state index contributed by atoms with van der Waals surface area (Å²) >= 11 is 0. The van der Waals surface area contributed by atoms with E-state index >= 15 is 0 Å². The van der Waals surface area contributed by atoms with Crippen molar-refractivity contribution in [3.8, 4) is 6.07 Å². The summed E-state index contributed by atoms with van der Waals surface area (Å²) in [5.74, 6) is 0.635. The largest absolute Gasteiger partial charge is 0.339 e. The van der Waals surface area contributed by atoms with E-state index in [0.29, 0.717) is 31.3 Å². The van der Waals surface area contributed by atoms with E-state index < -0.39 is 0 Å². The lowest BCUT2D eigenvalue weighted by atomic mass is 10.1. The second-order valence-electron chi connectivity index (χ2n) is 5.03. The van der Waals surface area contributed by atoms with Gasteiger partial charge in [0, 0.05) is 19.0 Å². The van der Waals surface area contributed by atoms with Crippen molar-refractivity contribution in [1.82, 2.24) is 4.90 Å². The average molecular weight is 222 g/mol. The van der Waals surface area contributed by atoms with Crippen LogP contribution in [0.15, 0.2) is 0 Å². The Morgan fingerprint density at radius 2 is 2.06 bits per heavy atom. The van der Waals surface area contributed by atoms with Crippen LogP contribution in [0.25, 0.3) is 0 Å². The molecule has 0 spiro atoms. The zero-order valence-electron chi connectivity index (χ0n) is 10.4. The van der Waals surface area contributed by atoms with Crippen molar-refractivity contribution >= 4 is 5.91 Å². The third-order valence-corrected chi connectivity index (χ3v) is 3.13. The van der Waals surface area contributed by atoms with Gasteiger partial charge >= 0.3 is 0 Å². The Morgan fingerprint density at radius 3 is 2.56 bits per heavy atom. The maximum atomic E-state index is 12.1. The Hall–Kier alpha value is -1.04. The van der Waals surface area contributed by atoms with Gasteiger partial charge in [-0.3, -0.25) is 4.79 Å². The predicted octanol–water partition coefficient (Wildman–Crippen LogP) is 2.72. The van der Waals surface area contributed by atoms with Crippen molar-refractivity contribution < 1.29 is 4.79 Å². The molecule has 1 aliphatic carbocycles. The lowest BCUT2D eigenvalue weighted by molar-refractivity contribution is -0.134. The van der Waals surface area contributed by atoms with Gasteiger partial charge in [-0.2, -0.15) is 5.26 Å². The summed E-state index contributed by atoms with van der Waals surface area (Å²) in [6.45, 7) is 4.75. The van der Waals surface area contributed by atoms with Gasteiger partial charge in [0.1, 0.15) is 0 Å². The Labute approximate surface area is 98.4 Å². The minimum atomic E-state index is 0.233. The van der Waals surface area contributed by atoms with E-state index in [1.807, 2.05) is 4.90 Å². The minimum absolute atomic E-state index is 0.233. The standard InChI is InChI=1S/C13H22N2O/c1-11(2)10-13(16)15(9-5-8-14)12-6-3-4-7-12/h11-12H,3-7,9-10H2,1-2H3. The number of rotatable bonds is 5. The Kier molecular flexibility index (Phi) is 5.31. The first kappa shape index (κ1) is 13.0. The van der Waals surface area contributed by atoms with Crippen LogP contribution in [0.4, 0.5) is 0 Å². The first-order chi connectivity index (χ1) is 7.65. The second kappa shape index (κ2) is 6.52. The lowest BCUT2D eigenvalue weighted by Crippen LogP contribution is -2.39. The van der Waals surface area contributed by atoms with Crippen molar-refractivity contribution in [2.24, 2.45) is 5.92 Å². The number of carbonyl (C=O) groups excluding carboxylic acids is 1. The highest BCUT2D eigenvalue weighted by Gasteiger charge is 2.26. The molecule has 1 aliphatic rings. The molecule has 1 fully saturated rings. The zero-order valence-corrected chi connectivity index (χ0v) is 10.4. The third-order valence-electron chi connectivity index (χ3n) is 3.13. The van der Waals surface area contributed by atoms with Crippen LogP contribution in [0.2, 0.25) is 0 Å². The van der Waals surface area contributed by atoms with E-state index in [4.69, 9.17) is 5.26 Å². The molecule has 0 aromatic heterocycles. The molecule has 0 atom stereocenters. The summed E-state index contributed by atoms with van der Waals surface area (Å²) in [5, 5.41) is 8.63. The van der Waals surface area contributed by atoms with Gasteiger partial charge in [-0.05, 0) is 18.8 Å². The number of nitrogens with zero attached hydrogens (tertiary/aromatic N) is 2. The molecule has 3 heteroatoms. The SMILES string of the molecule is CC(C)CC(=O)N(CCC#N)C1CCCC1. The van der Waals surface area contributed by atoms with Crippen LogP contribution in [-0.2, 0) is 4.79 Å². The Bertz CT molecular complexity index is 262. The van der Waals surface area contributed by atoms with Crippen LogP contribution in [0, 0.1) is 17.2 Å². The molecule has 0 bridgehead atoms. The first-order valence-electron chi connectivity index (χ1n) is 6.31. The maximum absolute atomic E-state index is 12.1. The van der Waals surface area contributed by atoms with Crippen molar-refractivity contribution in [3.63, 3.8) is 0 Å². The minimum Gasteiger partial charge on any atom is -0.339 e. The smallest absolute Gasteiger partial charge is 0.223 e. The van der Waals surface area contributed by atoms with Crippen LogP contribution in [0.5, 0.6) is 0 Å². The van der Waals surface area contributed by atoms with Crippen molar-refractivity contribution in [2.75, 3.05) is 6.54 Å². The van der Waals surface area contributed by atoms with Gasteiger partial charge in [0.05, 0.1) is 12.5 Å². The molecule has 3 nitrogen and oxygen atoms in total. The molecular weight excluding hydrogens is 200 g/mol. The monoisotopic (exact) mass is 222 g/mol. The molecule has 0 radical (unpaired) electrons. The van der Waals surface area contributed by atoms with E-state index in [0.717, 1.165) is 12.8 Å². The van der Waals surface area contributed by atoms with Crippen LogP contribution >= 0.6 is 0 Å². The van der Waals surface area contributed by atoms with E-state index in [-0.39, 0.29) is 5.91 Å². The average Bonchev–Trinajstić information content (AvgIpc) is 2.70. The molecule has 0 aromatic rings. The zero-order chi connectivity index (χ0) is 12.0. The molecule has 0 aromatic carbocycles. The highest BCUT2D eigenvalue weighted by molar-refractivity contribution is 5.76. The lowest BCUT2D eigenvalue weighted by Gasteiger charge is -2.29. The summed E-state index contributed by atoms with van der Waals surface area (Å²) in [6.07, 6.45) is 5.76. The molecule has 0 saturated heterocycles. The van der Waals surface area contributed by atoms with Gasteiger partial charge < -0.3 is 4.90 Å². The Morgan fingerprint density at radius 1 is 1.44 bits per heavy atom. The van der Waals surface area contributed by atoms with Crippen LogP contribution < -0.4 is 0 Å². The van der Waals surface area contributed by atoms with E-state index in [2.05, 4.69) is 19.9 Å². The van der Waals surface area contributed by atoms with Gasteiger partial charge in [-0.15, -0.1) is 0 Å². The fraction of sp³-hybridized carbons (Fsp3) is 0.846. The second-order valence-corrected chi connectivity index (χ2v) is 5.03. The maximum Gasteiger partial charge on any atom is 0.223 e. The molecular formula is C13H22N2O. The van der Waals surface area contributed by atoms with Crippen molar-refractivity contribution in [1.29, 1.82) is 5.26 Å². The highest BCUT2D eigenvalue weighted by Crippen LogP contribution is 2.24. The van der Waals surface area contributed by atoms with E-state index in [1.54, 1.807) is 0 Å². The van der Waals surface area contributed by atoms with Crippen molar-refractivity contribution in [3.05, 3.63) is 0 Å². The van der Waals surface area contributed by atoms with Gasteiger partial charge in [-0.25, -0.2) is 0 Å². The topological polar surface area (TPSA) is 44.1 Å². The molecule has 90 valence electrons. The summed E-state index contributed by atoms with van der Waals surface area (Å²) in [7, 11) is 0. The fourth-order valence-electron chi connectivity index (χ4n) is 2.36. The van der Waals surface area contributed by atoms with Crippen LogP contribution in [0.1, 0.15) is 52.4 Å². The summed E-state index contributed by atoms with van der Waals surface area (Å²) in [6, 6.07) is 2.54. The predicted molar refractivity (Wildman–Crippen MR) is 63.7 cm³/mol. The van der Waals surface area contributed by atoms with Gasteiger partial charge in [0.15, 0.2) is 0 Å². The Balaban J connectivity index is 2.55. The quantitative estimate of drug-likeness (QED) is 0.718. The van der Waals surface area contributed by atoms with E-state index in [1.165, 1.54) is 12.8 Å². The number of nitriles is 1. The highest BCUT2D eigenvalue weighted by atomic mass is 16.2. The molecule has 1 amide bonds. The van der Waals surface area contributed by atoms with Gasteiger partial charge in [-0.1, -0.05) is 26.7 Å². The first-order valence-corrected chi connectivity index (χ1v) is 6.31. The molecule has 0 aliphatic heterocycles. The van der Waals surface area contributed by atoms with Gasteiger partial charge in [0.2, 0.25) is 5.91 Å². The third kappa shape index (κ3) is 3.84. The number of hydrogen-bond donors (Lipinski definition) is 0. The normalized spacial score (nSPS) is 16.4. The summed E-state index contributed by atoms with van der Waals surface area (Å²) < 4.78 is 0. The summed E-state index contributed by atoms with van der Waals surface area (Å²) in [5.41, 5.74) is 0.